The first-order valence-electron chi connectivity index (χ1n) is 7.13. The fraction of sp³-hybridized carbons (Fsp3) is 0.0526. The van der Waals surface area contributed by atoms with Gasteiger partial charge >= 0.3 is 11.6 Å². The number of benzene rings is 2. The van der Waals surface area contributed by atoms with Gasteiger partial charge in [-0.05, 0) is 30.2 Å². The molecule has 2 aromatic carbocycles. The van der Waals surface area contributed by atoms with Crippen LogP contribution in [0.5, 0.6) is 5.75 Å². The number of esters is 1. The van der Waals surface area contributed by atoms with Gasteiger partial charge in [0.25, 0.3) is 0 Å². The van der Waals surface area contributed by atoms with E-state index in [9.17, 15) is 9.59 Å². The van der Waals surface area contributed by atoms with E-state index in [-0.39, 0.29) is 5.56 Å². The van der Waals surface area contributed by atoms with Crippen molar-refractivity contribution in [1.29, 1.82) is 0 Å². The monoisotopic (exact) mass is 306 g/mol. The lowest BCUT2D eigenvalue weighted by atomic mass is 10.1. The van der Waals surface area contributed by atoms with Crippen LogP contribution in [-0.4, -0.2) is 5.97 Å². The van der Waals surface area contributed by atoms with Crippen LogP contribution in [-0.2, 0) is 6.42 Å². The highest BCUT2D eigenvalue weighted by atomic mass is 16.5. The summed E-state index contributed by atoms with van der Waals surface area (Å²) in [6, 6.07) is 15.6. The number of hydrogen-bond donors (Lipinski definition) is 0. The molecule has 0 amide bonds. The highest BCUT2D eigenvalue weighted by Crippen LogP contribution is 2.20. The van der Waals surface area contributed by atoms with E-state index in [0.29, 0.717) is 23.1 Å². The second kappa shape index (κ2) is 6.32. The molecule has 0 aliphatic carbocycles. The predicted molar refractivity (Wildman–Crippen MR) is 87.8 cm³/mol. The van der Waals surface area contributed by atoms with Gasteiger partial charge < -0.3 is 9.15 Å². The molecule has 4 nitrogen and oxygen atoms in total. The standard InChI is InChI=1S/C19H14O4/c1-2-7-13-8-6-9-14-12-16(19(21)23-17(13)14)18(20)22-15-10-4-3-5-11-15/h2-6,8-12H,1,7H2. The van der Waals surface area contributed by atoms with Gasteiger partial charge in [-0.3, -0.25) is 0 Å². The van der Waals surface area contributed by atoms with Crippen LogP contribution in [0.3, 0.4) is 0 Å². The van der Waals surface area contributed by atoms with Crippen LogP contribution in [0.25, 0.3) is 11.0 Å². The molecule has 0 N–H and O–H groups in total. The Hall–Kier alpha value is -3.14. The van der Waals surface area contributed by atoms with Crippen molar-refractivity contribution >= 4 is 16.9 Å². The lowest BCUT2D eigenvalue weighted by Gasteiger charge is -2.06. The lowest BCUT2D eigenvalue weighted by Crippen LogP contribution is -2.18. The molecule has 1 heterocycles. The number of ether oxygens (including phenoxy) is 1. The summed E-state index contributed by atoms with van der Waals surface area (Å²) in [5.74, 6) is -0.363. The molecule has 1 aromatic heterocycles. The third kappa shape index (κ3) is 3.06. The molecule has 3 rings (SSSR count). The Morgan fingerprint density at radius 3 is 2.65 bits per heavy atom. The van der Waals surface area contributed by atoms with Crippen molar-refractivity contribution in [3.05, 3.63) is 88.8 Å². The quantitative estimate of drug-likeness (QED) is 0.319. The fourth-order valence-corrected chi connectivity index (χ4v) is 2.31. The van der Waals surface area contributed by atoms with Crippen molar-refractivity contribution in [2.24, 2.45) is 0 Å². The van der Waals surface area contributed by atoms with E-state index in [4.69, 9.17) is 9.15 Å². The Labute approximate surface area is 132 Å². The summed E-state index contributed by atoms with van der Waals surface area (Å²) in [7, 11) is 0. The molecule has 0 radical (unpaired) electrons. The Bertz CT molecular complexity index is 923. The molecule has 0 aliphatic rings. The lowest BCUT2D eigenvalue weighted by molar-refractivity contribution is 0.0730. The highest BCUT2D eigenvalue weighted by Gasteiger charge is 2.17. The van der Waals surface area contributed by atoms with Crippen molar-refractivity contribution in [3.63, 3.8) is 0 Å². The molecular formula is C19H14O4. The van der Waals surface area contributed by atoms with E-state index in [2.05, 4.69) is 6.58 Å². The molecule has 3 aromatic rings. The van der Waals surface area contributed by atoms with Crippen LogP contribution >= 0.6 is 0 Å². The topological polar surface area (TPSA) is 56.5 Å². The molecule has 0 fully saturated rings. The van der Waals surface area contributed by atoms with Crippen LogP contribution < -0.4 is 10.4 Å². The van der Waals surface area contributed by atoms with E-state index >= 15 is 0 Å². The van der Waals surface area contributed by atoms with E-state index in [0.717, 1.165) is 5.56 Å². The second-order valence-corrected chi connectivity index (χ2v) is 4.98. The van der Waals surface area contributed by atoms with Crippen LogP contribution in [0, 0.1) is 0 Å². The Morgan fingerprint density at radius 2 is 1.91 bits per heavy atom. The normalized spacial score (nSPS) is 10.4. The van der Waals surface area contributed by atoms with Crippen molar-refractivity contribution < 1.29 is 13.9 Å². The first-order valence-corrected chi connectivity index (χ1v) is 7.13. The molecule has 0 bridgehead atoms. The van der Waals surface area contributed by atoms with E-state index in [1.54, 1.807) is 36.4 Å². The van der Waals surface area contributed by atoms with Gasteiger partial charge in [-0.15, -0.1) is 6.58 Å². The smallest absolute Gasteiger partial charge is 0.351 e. The maximum absolute atomic E-state index is 12.2. The maximum Gasteiger partial charge on any atom is 0.351 e. The van der Waals surface area contributed by atoms with Crippen LogP contribution in [0.2, 0.25) is 0 Å². The number of rotatable bonds is 4. The van der Waals surface area contributed by atoms with Crippen molar-refractivity contribution in [2.75, 3.05) is 0 Å². The summed E-state index contributed by atoms with van der Waals surface area (Å²) in [5, 5.41) is 0.670. The van der Waals surface area contributed by atoms with Gasteiger partial charge in [0.15, 0.2) is 0 Å². The van der Waals surface area contributed by atoms with Crippen LogP contribution in [0.4, 0.5) is 0 Å². The third-order valence-electron chi connectivity index (χ3n) is 3.38. The molecule has 0 aliphatic heterocycles. The molecule has 0 spiro atoms. The van der Waals surface area contributed by atoms with Gasteiger partial charge in [0.1, 0.15) is 16.9 Å². The first-order chi connectivity index (χ1) is 11.2. The van der Waals surface area contributed by atoms with E-state index in [1.165, 1.54) is 6.07 Å². The summed E-state index contributed by atoms with van der Waals surface area (Å²) in [4.78, 5) is 24.3. The Morgan fingerprint density at radius 1 is 1.13 bits per heavy atom. The Kier molecular flexibility index (Phi) is 4.06. The number of hydrogen-bond acceptors (Lipinski definition) is 4. The second-order valence-electron chi connectivity index (χ2n) is 4.98. The largest absolute Gasteiger partial charge is 0.423 e. The van der Waals surface area contributed by atoms with Crippen LogP contribution in [0.15, 0.2) is 76.5 Å². The number of allylic oxidation sites excluding steroid dienone is 1. The fourth-order valence-electron chi connectivity index (χ4n) is 2.31. The number of carbonyl (C=O) groups excluding carboxylic acids is 1. The average molecular weight is 306 g/mol. The highest BCUT2D eigenvalue weighted by molar-refractivity contribution is 5.94. The van der Waals surface area contributed by atoms with Gasteiger partial charge in [0, 0.05) is 5.39 Å². The minimum atomic E-state index is -0.735. The molecule has 0 atom stereocenters. The summed E-state index contributed by atoms with van der Waals surface area (Å²) in [5.41, 5.74) is 0.471. The average Bonchev–Trinajstić information content (AvgIpc) is 2.56. The third-order valence-corrected chi connectivity index (χ3v) is 3.38. The zero-order valence-corrected chi connectivity index (χ0v) is 12.3. The number of carbonyl (C=O) groups is 1. The predicted octanol–water partition coefficient (Wildman–Crippen LogP) is 3.74. The SMILES string of the molecule is C=CCc1cccc2cc(C(=O)Oc3ccccc3)c(=O)oc12. The molecule has 0 saturated carbocycles. The van der Waals surface area contributed by atoms with E-state index < -0.39 is 11.6 Å². The van der Waals surface area contributed by atoms with Gasteiger partial charge in [-0.25, -0.2) is 9.59 Å². The van der Waals surface area contributed by atoms with Crippen molar-refractivity contribution in [2.45, 2.75) is 6.42 Å². The van der Waals surface area contributed by atoms with E-state index in [1.807, 2.05) is 18.2 Å². The maximum atomic E-state index is 12.2. The van der Waals surface area contributed by atoms with Gasteiger partial charge in [-0.2, -0.15) is 0 Å². The summed E-state index contributed by atoms with van der Waals surface area (Å²) < 4.78 is 10.5. The molecule has 23 heavy (non-hydrogen) atoms. The minimum Gasteiger partial charge on any atom is -0.423 e. The zero-order valence-electron chi connectivity index (χ0n) is 12.3. The summed E-state index contributed by atoms with van der Waals surface area (Å²) >= 11 is 0. The molecule has 0 unspecified atom stereocenters. The molecular weight excluding hydrogens is 292 g/mol. The van der Waals surface area contributed by atoms with Gasteiger partial charge in [-0.1, -0.05) is 42.5 Å². The summed E-state index contributed by atoms with van der Waals surface area (Å²) in [6.45, 7) is 3.68. The Balaban J connectivity index is 2.02. The zero-order chi connectivity index (χ0) is 16.2. The first kappa shape index (κ1) is 14.8. The molecule has 4 heteroatoms. The van der Waals surface area contributed by atoms with Crippen molar-refractivity contribution in [1.82, 2.24) is 0 Å². The number of fused-ring (bicyclic) bond motifs is 1. The van der Waals surface area contributed by atoms with Gasteiger partial charge in [0.05, 0.1) is 0 Å². The summed E-state index contributed by atoms with van der Waals surface area (Å²) in [6.07, 6.45) is 2.31. The number of para-hydroxylation sites is 2. The van der Waals surface area contributed by atoms with Gasteiger partial charge in [0.2, 0.25) is 0 Å². The molecule has 114 valence electrons. The van der Waals surface area contributed by atoms with Crippen molar-refractivity contribution in [3.8, 4) is 5.75 Å². The minimum absolute atomic E-state index is 0.128. The van der Waals surface area contributed by atoms with Crippen LogP contribution in [0.1, 0.15) is 15.9 Å². The molecule has 0 saturated heterocycles.